The molecule has 0 N–H and O–H groups in total. The average Bonchev–Trinajstić information content (AvgIpc) is 3.08. The molecule has 4 heteroatoms. The highest BCUT2D eigenvalue weighted by Gasteiger charge is 2.43. The topological polar surface area (TPSA) is 18.5 Å². The predicted octanol–water partition coefficient (Wildman–Crippen LogP) is 5.34. The van der Waals surface area contributed by atoms with Gasteiger partial charge in [0.1, 0.15) is 0 Å². The lowest BCUT2D eigenvalue weighted by atomic mass is 9.84. The minimum Gasteiger partial charge on any atom is -0.493 e. The van der Waals surface area contributed by atoms with Gasteiger partial charge in [-0.3, -0.25) is 0 Å². The van der Waals surface area contributed by atoms with E-state index in [1.807, 2.05) is 6.07 Å². The number of ether oxygens (including phenoxy) is 2. The third kappa shape index (κ3) is 2.50. The van der Waals surface area contributed by atoms with Crippen molar-refractivity contribution in [3.05, 3.63) is 22.2 Å². The molecule has 0 amide bonds. The molecule has 110 valence electrons. The van der Waals surface area contributed by atoms with Crippen LogP contribution in [0.4, 0.5) is 0 Å². The van der Waals surface area contributed by atoms with E-state index >= 15 is 0 Å². The summed E-state index contributed by atoms with van der Waals surface area (Å²) < 4.78 is 11.9. The summed E-state index contributed by atoms with van der Waals surface area (Å²) in [6, 6.07) is 4.12. The zero-order valence-corrected chi connectivity index (χ0v) is 15.0. The van der Waals surface area contributed by atoms with Crippen LogP contribution in [0.15, 0.2) is 16.6 Å². The second-order valence-electron chi connectivity index (χ2n) is 5.97. The van der Waals surface area contributed by atoms with Crippen LogP contribution < -0.4 is 9.47 Å². The van der Waals surface area contributed by atoms with Crippen molar-refractivity contribution in [2.45, 2.75) is 30.5 Å². The first-order valence-electron chi connectivity index (χ1n) is 7.19. The first-order chi connectivity index (χ1) is 9.63. The number of halogens is 2. The molecule has 0 heterocycles. The average molecular weight is 404 g/mol. The summed E-state index contributed by atoms with van der Waals surface area (Å²) in [7, 11) is 3.36. The van der Waals surface area contributed by atoms with E-state index in [9.17, 15) is 0 Å². The van der Waals surface area contributed by atoms with Crippen molar-refractivity contribution in [1.82, 2.24) is 0 Å². The minimum absolute atomic E-state index is 0.395. The Morgan fingerprint density at radius 1 is 1.10 bits per heavy atom. The van der Waals surface area contributed by atoms with Crippen LogP contribution in [-0.2, 0) is 0 Å². The summed E-state index contributed by atoms with van der Waals surface area (Å²) in [5.41, 5.74) is 1.28. The molecule has 2 aliphatic carbocycles. The zero-order valence-electron chi connectivity index (χ0n) is 11.9. The molecule has 3 rings (SSSR count). The smallest absolute Gasteiger partial charge is 0.161 e. The van der Waals surface area contributed by atoms with Crippen LogP contribution in [-0.4, -0.2) is 14.2 Å². The highest BCUT2D eigenvalue weighted by Crippen LogP contribution is 2.56. The number of methoxy groups -OCH3 is 2. The molecule has 4 unspecified atom stereocenters. The number of benzene rings is 1. The molecule has 2 nitrogen and oxygen atoms in total. The molecular formula is C16H20Br2O2. The van der Waals surface area contributed by atoms with E-state index in [0.717, 1.165) is 33.7 Å². The molecule has 2 fully saturated rings. The summed E-state index contributed by atoms with van der Waals surface area (Å²) in [6.45, 7) is 0. The van der Waals surface area contributed by atoms with Gasteiger partial charge < -0.3 is 9.47 Å². The SMILES string of the molecule is COc1cc(Br)c(C(Br)C2CC3CCC2C3)cc1OC. The Morgan fingerprint density at radius 2 is 1.80 bits per heavy atom. The van der Waals surface area contributed by atoms with Crippen LogP contribution in [0.2, 0.25) is 0 Å². The third-order valence-electron chi connectivity index (χ3n) is 4.97. The van der Waals surface area contributed by atoms with Crippen LogP contribution in [0.25, 0.3) is 0 Å². The van der Waals surface area contributed by atoms with Crippen molar-refractivity contribution in [3.63, 3.8) is 0 Å². The van der Waals surface area contributed by atoms with Gasteiger partial charge >= 0.3 is 0 Å². The van der Waals surface area contributed by atoms with Gasteiger partial charge in [0.05, 0.1) is 14.2 Å². The fourth-order valence-corrected chi connectivity index (χ4v) is 5.87. The second-order valence-corrected chi connectivity index (χ2v) is 7.81. The van der Waals surface area contributed by atoms with Gasteiger partial charge in [-0.1, -0.05) is 38.3 Å². The summed E-state index contributed by atoms with van der Waals surface area (Å²) in [4.78, 5) is 0.395. The Bertz CT molecular complexity index is 503. The molecule has 2 bridgehead atoms. The summed E-state index contributed by atoms with van der Waals surface area (Å²) in [5.74, 6) is 4.19. The number of hydrogen-bond donors (Lipinski definition) is 0. The number of fused-ring (bicyclic) bond motifs is 2. The highest BCUT2D eigenvalue weighted by atomic mass is 79.9. The zero-order chi connectivity index (χ0) is 14.3. The molecule has 20 heavy (non-hydrogen) atoms. The Morgan fingerprint density at radius 3 is 2.35 bits per heavy atom. The Balaban J connectivity index is 1.89. The molecule has 0 radical (unpaired) electrons. The first-order valence-corrected chi connectivity index (χ1v) is 8.90. The van der Waals surface area contributed by atoms with Crippen LogP contribution in [0.1, 0.15) is 36.1 Å². The van der Waals surface area contributed by atoms with Crippen LogP contribution in [0.5, 0.6) is 11.5 Å². The summed E-state index contributed by atoms with van der Waals surface area (Å²) in [6.07, 6.45) is 5.63. The van der Waals surface area contributed by atoms with Gasteiger partial charge in [-0.15, -0.1) is 0 Å². The molecular weight excluding hydrogens is 384 g/mol. The largest absolute Gasteiger partial charge is 0.493 e. The molecule has 0 saturated heterocycles. The predicted molar refractivity (Wildman–Crippen MR) is 87.9 cm³/mol. The fraction of sp³-hybridized carbons (Fsp3) is 0.625. The van der Waals surface area contributed by atoms with Crippen molar-refractivity contribution in [1.29, 1.82) is 0 Å². The molecule has 4 atom stereocenters. The van der Waals surface area contributed by atoms with Gasteiger partial charge in [-0.05, 0) is 54.7 Å². The van der Waals surface area contributed by atoms with E-state index in [0.29, 0.717) is 4.83 Å². The highest BCUT2D eigenvalue weighted by molar-refractivity contribution is 9.11. The van der Waals surface area contributed by atoms with Gasteiger partial charge in [0.15, 0.2) is 11.5 Å². The van der Waals surface area contributed by atoms with E-state index in [2.05, 4.69) is 37.9 Å². The number of hydrogen-bond acceptors (Lipinski definition) is 2. The van der Waals surface area contributed by atoms with Crippen LogP contribution in [0.3, 0.4) is 0 Å². The maximum absolute atomic E-state index is 5.44. The Labute approximate surface area is 137 Å². The third-order valence-corrected chi connectivity index (χ3v) is 6.83. The Kier molecular flexibility index (Phi) is 4.32. The number of rotatable bonds is 4. The van der Waals surface area contributed by atoms with Crippen molar-refractivity contribution >= 4 is 31.9 Å². The normalized spacial score (nSPS) is 29.5. The van der Waals surface area contributed by atoms with Crippen molar-refractivity contribution in [3.8, 4) is 11.5 Å². The maximum Gasteiger partial charge on any atom is 0.161 e. The molecule has 1 aromatic carbocycles. The van der Waals surface area contributed by atoms with Crippen molar-refractivity contribution in [2.75, 3.05) is 14.2 Å². The van der Waals surface area contributed by atoms with E-state index in [1.54, 1.807) is 14.2 Å². The van der Waals surface area contributed by atoms with E-state index in [1.165, 1.54) is 31.2 Å². The minimum atomic E-state index is 0.395. The lowest BCUT2D eigenvalue weighted by Gasteiger charge is -2.28. The van der Waals surface area contributed by atoms with E-state index < -0.39 is 0 Å². The second kappa shape index (κ2) is 5.88. The molecule has 2 saturated carbocycles. The Hall–Kier alpha value is -0.220. The molecule has 0 spiro atoms. The van der Waals surface area contributed by atoms with Gasteiger partial charge in [-0.25, -0.2) is 0 Å². The molecule has 1 aromatic rings. The number of alkyl halides is 1. The standard InChI is InChI=1S/C16H20Br2O2/c1-19-14-7-12(13(17)8-15(14)20-2)16(18)11-6-9-3-4-10(11)5-9/h7-11,16H,3-6H2,1-2H3. The molecule has 2 aliphatic rings. The van der Waals surface area contributed by atoms with Crippen molar-refractivity contribution < 1.29 is 9.47 Å². The van der Waals surface area contributed by atoms with Gasteiger partial charge in [0, 0.05) is 9.30 Å². The maximum atomic E-state index is 5.44. The van der Waals surface area contributed by atoms with Crippen molar-refractivity contribution in [2.24, 2.45) is 17.8 Å². The molecule has 0 aromatic heterocycles. The quantitative estimate of drug-likeness (QED) is 0.631. The fourth-order valence-electron chi connectivity index (χ4n) is 3.96. The monoisotopic (exact) mass is 402 g/mol. The van der Waals surface area contributed by atoms with Gasteiger partial charge in [0.25, 0.3) is 0 Å². The lowest BCUT2D eigenvalue weighted by Crippen LogP contribution is -2.16. The van der Waals surface area contributed by atoms with Crippen LogP contribution >= 0.6 is 31.9 Å². The van der Waals surface area contributed by atoms with Gasteiger partial charge in [0.2, 0.25) is 0 Å². The first kappa shape index (κ1) is 14.7. The van der Waals surface area contributed by atoms with Gasteiger partial charge in [-0.2, -0.15) is 0 Å². The van der Waals surface area contributed by atoms with Crippen LogP contribution in [0, 0.1) is 17.8 Å². The lowest BCUT2D eigenvalue weighted by molar-refractivity contribution is 0.327. The summed E-state index contributed by atoms with van der Waals surface area (Å²) >= 11 is 7.64. The molecule has 0 aliphatic heterocycles. The van der Waals surface area contributed by atoms with E-state index in [4.69, 9.17) is 9.47 Å². The van der Waals surface area contributed by atoms with E-state index in [-0.39, 0.29) is 0 Å². The summed E-state index contributed by atoms with van der Waals surface area (Å²) in [5, 5.41) is 0.